The summed E-state index contributed by atoms with van der Waals surface area (Å²) in [5, 5.41) is 0. The fourth-order valence-corrected chi connectivity index (χ4v) is 2.79. The van der Waals surface area contributed by atoms with Gasteiger partial charge in [-0.25, -0.2) is 0 Å². The molecule has 0 saturated heterocycles. The number of aryl methyl sites for hydroxylation is 1. The predicted molar refractivity (Wildman–Crippen MR) is 72.5 cm³/mol. The van der Waals surface area contributed by atoms with Gasteiger partial charge in [-0.15, -0.1) is 0 Å². The zero-order valence-corrected chi connectivity index (χ0v) is 11.4. The van der Waals surface area contributed by atoms with Crippen LogP contribution in [0.4, 0.5) is 0 Å². The highest BCUT2D eigenvalue weighted by molar-refractivity contribution is 5.84. The molecule has 1 heterocycles. The number of hydrogen-bond donors (Lipinski definition) is 0. The lowest BCUT2D eigenvalue weighted by molar-refractivity contribution is -0.129. The number of carbonyl (C=O) groups excluding carboxylic acids is 1. The molecular weight excluding hydrogens is 240 g/mol. The van der Waals surface area contributed by atoms with Crippen molar-refractivity contribution in [1.82, 2.24) is 0 Å². The molecule has 102 valence electrons. The quantitative estimate of drug-likeness (QED) is 0.788. The highest BCUT2D eigenvalue weighted by Gasteiger charge is 2.35. The lowest BCUT2D eigenvalue weighted by Crippen LogP contribution is -2.25. The Morgan fingerprint density at radius 3 is 3.05 bits per heavy atom. The van der Waals surface area contributed by atoms with Gasteiger partial charge in [-0.05, 0) is 42.4 Å². The van der Waals surface area contributed by atoms with Gasteiger partial charge >= 0.3 is 0 Å². The van der Waals surface area contributed by atoms with E-state index in [4.69, 9.17) is 9.47 Å². The van der Waals surface area contributed by atoms with E-state index in [1.165, 1.54) is 11.1 Å². The van der Waals surface area contributed by atoms with E-state index in [9.17, 15) is 4.79 Å². The summed E-state index contributed by atoms with van der Waals surface area (Å²) in [6.45, 7) is 0.783. The van der Waals surface area contributed by atoms with Gasteiger partial charge in [0.25, 0.3) is 0 Å². The second-order valence-corrected chi connectivity index (χ2v) is 5.50. The van der Waals surface area contributed by atoms with Crippen LogP contribution in [-0.4, -0.2) is 25.6 Å². The van der Waals surface area contributed by atoms with Crippen molar-refractivity contribution < 1.29 is 14.3 Å². The molecule has 19 heavy (non-hydrogen) atoms. The average molecular weight is 260 g/mol. The Labute approximate surface area is 113 Å². The molecule has 0 spiro atoms. The number of fused-ring (bicyclic) bond motifs is 1. The third-order valence-corrected chi connectivity index (χ3v) is 4.04. The lowest BCUT2D eigenvalue weighted by atomic mass is 10.0. The molecule has 1 unspecified atom stereocenters. The summed E-state index contributed by atoms with van der Waals surface area (Å²) < 4.78 is 10.8. The monoisotopic (exact) mass is 260 g/mol. The first-order valence-corrected chi connectivity index (χ1v) is 7.08. The van der Waals surface area contributed by atoms with Crippen LogP contribution in [0.15, 0.2) is 18.2 Å². The topological polar surface area (TPSA) is 35.5 Å². The molecule has 1 aliphatic carbocycles. The van der Waals surface area contributed by atoms with Gasteiger partial charge in [0, 0.05) is 20.0 Å². The number of ketones is 1. The van der Waals surface area contributed by atoms with E-state index in [-0.39, 0.29) is 11.9 Å². The molecule has 1 fully saturated rings. The van der Waals surface area contributed by atoms with Crippen molar-refractivity contribution in [2.24, 2.45) is 5.92 Å². The fourth-order valence-electron chi connectivity index (χ4n) is 2.79. The molecule has 3 nitrogen and oxygen atoms in total. The van der Waals surface area contributed by atoms with Crippen molar-refractivity contribution in [3.8, 4) is 5.75 Å². The molecule has 1 aromatic carbocycles. The molecule has 3 rings (SSSR count). The Bertz CT molecular complexity index is 477. The zero-order valence-electron chi connectivity index (χ0n) is 11.4. The Morgan fingerprint density at radius 2 is 2.32 bits per heavy atom. The normalized spacial score (nSPS) is 18.8. The number of hydrogen-bond acceptors (Lipinski definition) is 3. The molecule has 1 aliphatic heterocycles. The Hall–Kier alpha value is -1.35. The number of ether oxygens (including phenoxy) is 2. The molecule has 1 saturated carbocycles. The van der Waals surface area contributed by atoms with Crippen molar-refractivity contribution >= 4 is 5.78 Å². The largest absolute Gasteiger partial charge is 0.493 e. The predicted octanol–water partition coefficient (Wildman–Crippen LogP) is 2.55. The number of carbonyl (C=O) groups is 1. The number of Topliss-reactive ketones (excluding diaryl/α,β-unsaturated/α-hetero) is 1. The smallest absolute Gasteiger partial charge is 0.162 e. The Kier molecular flexibility index (Phi) is 3.56. The molecule has 0 amide bonds. The molecule has 1 aromatic rings. The van der Waals surface area contributed by atoms with Crippen molar-refractivity contribution in [3.05, 3.63) is 29.3 Å². The van der Waals surface area contributed by atoms with Crippen LogP contribution in [0.3, 0.4) is 0 Å². The molecule has 0 bridgehead atoms. The van der Waals surface area contributed by atoms with Gasteiger partial charge in [0.1, 0.15) is 11.9 Å². The molecule has 2 aliphatic rings. The van der Waals surface area contributed by atoms with Crippen LogP contribution in [0.5, 0.6) is 5.75 Å². The molecule has 0 aromatic heterocycles. The highest BCUT2D eigenvalue weighted by Crippen LogP contribution is 2.35. The van der Waals surface area contributed by atoms with E-state index in [1.54, 1.807) is 7.11 Å². The second-order valence-electron chi connectivity index (χ2n) is 5.50. The van der Waals surface area contributed by atoms with E-state index in [0.29, 0.717) is 12.3 Å². The van der Waals surface area contributed by atoms with Crippen LogP contribution in [0.2, 0.25) is 0 Å². The van der Waals surface area contributed by atoms with Gasteiger partial charge < -0.3 is 9.47 Å². The molecule has 0 N–H and O–H groups in total. The molecular formula is C16H20O3. The van der Waals surface area contributed by atoms with Crippen LogP contribution in [-0.2, 0) is 22.4 Å². The van der Waals surface area contributed by atoms with Crippen molar-refractivity contribution in [2.45, 2.75) is 38.2 Å². The van der Waals surface area contributed by atoms with Gasteiger partial charge in [-0.3, -0.25) is 4.79 Å². The third kappa shape index (κ3) is 2.81. The summed E-state index contributed by atoms with van der Waals surface area (Å²) in [4.78, 5) is 12.1. The maximum Gasteiger partial charge on any atom is 0.162 e. The van der Waals surface area contributed by atoms with Crippen LogP contribution >= 0.6 is 0 Å². The first kappa shape index (κ1) is 12.7. The fraction of sp³-hybridized carbons (Fsp3) is 0.562. The summed E-state index contributed by atoms with van der Waals surface area (Å²) in [6.07, 6.45) is 4.48. The van der Waals surface area contributed by atoms with Crippen LogP contribution < -0.4 is 4.74 Å². The summed E-state index contributed by atoms with van der Waals surface area (Å²) >= 11 is 0. The minimum Gasteiger partial charge on any atom is -0.493 e. The molecule has 3 heteroatoms. The zero-order chi connectivity index (χ0) is 13.2. The van der Waals surface area contributed by atoms with Gasteiger partial charge in [-0.1, -0.05) is 12.1 Å². The number of benzene rings is 1. The minimum atomic E-state index is -0.169. The van der Waals surface area contributed by atoms with Crippen molar-refractivity contribution in [1.29, 1.82) is 0 Å². The van der Waals surface area contributed by atoms with Crippen molar-refractivity contribution in [3.63, 3.8) is 0 Å². The summed E-state index contributed by atoms with van der Waals surface area (Å²) in [7, 11) is 1.65. The first-order valence-electron chi connectivity index (χ1n) is 7.08. The molecule has 0 radical (unpaired) electrons. The Morgan fingerprint density at radius 1 is 1.47 bits per heavy atom. The van der Waals surface area contributed by atoms with E-state index in [1.807, 2.05) is 6.07 Å². The van der Waals surface area contributed by atoms with Gasteiger partial charge in [0.05, 0.1) is 6.61 Å². The van der Waals surface area contributed by atoms with Gasteiger partial charge in [0.2, 0.25) is 0 Å². The molecule has 1 atom stereocenters. The lowest BCUT2D eigenvalue weighted by Gasteiger charge is -2.13. The van der Waals surface area contributed by atoms with E-state index < -0.39 is 0 Å². The van der Waals surface area contributed by atoms with Crippen LogP contribution in [0, 0.1) is 5.92 Å². The van der Waals surface area contributed by atoms with Gasteiger partial charge in [0.15, 0.2) is 5.78 Å². The van der Waals surface area contributed by atoms with E-state index in [2.05, 4.69) is 12.1 Å². The Balaban J connectivity index is 1.58. The maximum atomic E-state index is 12.1. The standard InChI is InChI=1S/C16H20O3/c1-18-16(12-4-5-12)14(17)6-2-11-3-7-15-13(10-11)8-9-19-15/h3,7,10,12,16H,2,4-6,8-9H2,1H3. The summed E-state index contributed by atoms with van der Waals surface area (Å²) in [5.41, 5.74) is 2.50. The van der Waals surface area contributed by atoms with E-state index in [0.717, 1.165) is 38.0 Å². The van der Waals surface area contributed by atoms with Crippen molar-refractivity contribution in [2.75, 3.05) is 13.7 Å². The van der Waals surface area contributed by atoms with Crippen LogP contribution in [0.1, 0.15) is 30.4 Å². The maximum absolute atomic E-state index is 12.1. The SMILES string of the molecule is COC(C(=O)CCc1ccc2c(c1)CCO2)C1CC1. The first-order chi connectivity index (χ1) is 9.28. The van der Waals surface area contributed by atoms with E-state index >= 15 is 0 Å². The average Bonchev–Trinajstić information content (AvgIpc) is 3.14. The van der Waals surface area contributed by atoms with Gasteiger partial charge in [-0.2, -0.15) is 0 Å². The number of methoxy groups -OCH3 is 1. The minimum absolute atomic E-state index is 0.169. The van der Waals surface area contributed by atoms with Crippen LogP contribution in [0.25, 0.3) is 0 Å². The third-order valence-electron chi connectivity index (χ3n) is 4.04. The highest BCUT2D eigenvalue weighted by atomic mass is 16.5. The summed E-state index contributed by atoms with van der Waals surface area (Å²) in [6, 6.07) is 6.27. The summed E-state index contributed by atoms with van der Waals surface area (Å²) in [5.74, 6) is 1.73. The number of rotatable bonds is 6. The second kappa shape index (κ2) is 5.33.